The van der Waals surface area contributed by atoms with Crippen molar-refractivity contribution >= 4 is 0 Å². The van der Waals surface area contributed by atoms with Gasteiger partial charge in [-0.3, -0.25) is 11.3 Å². The summed E-state index contributed by atoms with van der Waals surface area (Å²) >= 11 is 0. The monoisotopic (exact) mass is 304 g/mol. The Morgan fingerprint density at radius 3 is 1.77 bits per heavy atom. The molecule has 0 radical (unpaired) electrons. The van der Waals surface area contributed by atoms with Crippen LogP contribution in [0.15, 0.2) is 30.3 Å². The van der Waals surface area contributed by atoms with Crippen LogP contribution < -0.4 is 11.3 Å². The summed E-state index contributed by atoms with van der Waals surface area (Å²) in [6.45, 7) is 2.28. The molecule has 2 heteroatoms. The molecule has 1 atom stereocenters. The van der Waals surface area contributed by atoms with Gasteiger partial charge in [0.2, 0.25) is 0 Å². The van der Waals surface area contributed by atoms with E-state index in [-0.39, 0.29) is 0 Å². The number of benzene rings is 1. The van der Waals surface area contributed by atoms with E-state index in [9.17, 15) is 0 Å². The van der Waals surface area contributed by atoms with E-state index in [2.05, 4.69) is 42.7 Å². The lowest BCUT2D eigenvalue weighted by molar-refractivity contribution is 0.474. The van der Waals surface area contributed by atoms with Crippen molar-refractivity contribution in [3.63, 3.8) is 0 Å². The Labute approximate surface area is 137 Å². The Kier molecular flexibility index (Phi) is 12.0. The van der Waals surface area contributed by atoms with Crippen LogP contribution in [0.1, 0.15) is 95.6 Å². The maximum Gasteiger partial charge on any atom is 0.0460 e. The highest BCUT2D eigenvalue weighted by molar-refractivity contribution is 5.18. The average Bonchev–Trinajstić information content (AvgIpc) is 2.57. The lowest BCUT2D eigenvalue weighted by Gasteiger charge is -2.16. The molecule has 3 N–H and O–H groups in total. The van der Waals surface area contributed by atoms with Crippen LogP contribution in [0.4, 0.5) is 0 Å². The third-order valence-electron chi connectivity index (χ3n) is 4.50. The van der Waals surface area contributed by atoms with Gasteiger partial charge in [-0.25, -0.2) is 0 Å². The topological polar surface area (TPSA) is 38.0 Å². The molecule has 0 heterocycles. The van der Waals surface area contributed by atoms with Gasteiger partial charge in [0, 0.05) is 6.04 Å². The van der Waals surface area contributed by atoms with Crippen molar-refractivity contribution in [3.8, 4) is 0 Å². The Morgan fingerprint density at radius 2 is 1.27 bits per heavy atom. The minimum atomic E-state index is 0.305. The minimum absolute atomic E-state index is 0.305. The summed E-state index contributed by atoms with van der Waals surface area (Å²) in [6.07, 6.45) is 16.4. The second-order valence-electron chi connectivity index (χ2n) is 6.45. The predicted molar refractivity (Wildman–Crippen MR) is 97.6 cm³/mol. The van der Waals surface area contributed by atoms with Crippen LogP contribution in [0, 0.1) is 0 Å². The molecule has 1 unspecified atom stereocenters. The normalized spacial score (nSPS) is 12.5. The van der Waals surface area contributed by atoms with Crippen LogP contribution in [0.2, 0.25) is 0 Å². The first kappa shape index (κ1) is 19.2. The molecule has 22 heavy (non-hydrogen) atoms. The van der Waals surface area contributed by atoms with Crippen LogP contribution in [0.3, 0.4) is 0 Å². The van der Waals surface area contributed by atoms with Crippen molar-refractivity contribution in [2.75, 3.05) is 0 Å². The molecule has 0 saturated carbocycles. The standard InChI is InChI=1S/C20H36N2/c1-2-3-4-5-6-7-8-9-10-11-15-18-20(22-21)19-16-13-12-14-17-19/h12-14,16-17,20,22H,2-11,15,18,21H2,1H3. The number of hydrogen-bond acceptors (Lipinski definition) is 2. The zero-order valence-corrected chi connectivity index (χ0v) is 14.5. The quantitative estimate of drug-likeness (QED) is 0.255. The van der Waals surface area contributed by atoms with Gasteiger partial charge in [-0.1, -0.05) is 108 Å². The van der Waals surface area contributed by atoms with E-state index < -0.39 is 0 Å². The third-order valence-corrected chi connectivity index (χ3v) is 4.50. The fourth-order valence-electron chi connectivity index (χ4n) is 3.04. The molecular weight excluding hydrogens is 268 g/mol. The Morgan fingerprint density at radius 1 is 0.773 bits per heavy atom. The molecule has 0 amide bonds. The van der Waals surface area contributed by atoms with Crippen molar-refractivity contribution in [1.29, 1.82) is 0 Å². The van der Waals surface area contributed by atoms with Gasteiger partial charge in [-0.05, 0) is 12.0 Å². The van der Waals surface area contributed by atoms with Crippen molar-refractivity contribution in [2.45, 2.75) is 90.0 Å². The number of nitrogens with one attached hydrogen (secondary N) is 1. The summed E-state index contributed by atoms with van der Waals surface area (Å²) in [4.78, 5) is 0. The first-order chi connectivity index (χ1) is 10.9. The summed E-state index contributed by atoms with van der Waals surface area (Å²) in [6, 6.07) is 10.8. The van der Waals surface area contributed by atoms with Crippen LogP contribution in [-0.2, 0) is 0 Å². The molecule has 126 valence electrons. The highest BCUT2D eigenvalue weighted by Crippen LogP contribution is 2.19. The second-order valence-corrected chi connectivity index (χ2v) is 6.45. The van der Waals surface area contributed by atoms with E-state index >= 15 is 0 Å². The first-order valence-corrected chi connectivity index (χ1v) is 9.39. The first-order valence-electron chi connectivity index (χ1n) is 9.39. The highest BCUT2D eigenvalue weighted by Gasteiger charge is 2.07. The van der Waals surface area contributed by atoms with Crippen molar-refractivity contribution in [3.05, 3.63) is 35.9 Å². The number of hydrogen-bond donors (Lipinski definition) is 2. The second kappa shape index (κ2) is 13.8. The molecule has 0 saturated heterocycles. The molecule has 1 aromatic rings. The maximum atomic E-state index is 5.69. The maximum absolute atomic E-state index is 5.69. The minimum Gasteiger partial charge on any atom is -0.271 e. The Hall–Kier alpha value is -0.860. The lowest BCUT2D eigenvalue weighted by atomic mass is 10.00. The molecule has 0 aromatic heterocycles. The Balaban J connectivity index is 1.94. The fraction of sp³-hybridized carbons (Fsp3) is 0.700. The summed E-state index contributed by atoms with van der Waals surface area (Å²) in [5.41, 5.74) is 4.26. The fourth-order valence-corrected chi connectivity index (χ4v) is 3.04. The molecule has 0 spiro atoms. The van der Waals surface area contributed by atoms with E-state index in [4.69, 9.17) is 5.84 Å². The third kappa shape index (κ3) is 9.22. The van der Waals surface area contributed by atoms with Gasteiger partial charge < -0.3 is 0 Å². The SMILES string of the molecule is CCCCCCCCCCCCCC(NN)c1ccccc1. The van der Waals surface area contributed by atoms with Gasteiger partial charge in [0.15, 0.2) is 0 Å². The number of hydrazine groups is 1. The van der Waals surface area contributed by atoms with Crippen molar-refractivity contribution in [2.24, 2.45) is 5.84 Å². The van der Waals surface area contributed by atoms with Crippen molar-refractivity contribution < 1.29 is 0 Å². The van der Waals surface area contributed by atoms with Crippen LogP contribution in [0.5, 0.6) is 0 Å². The molecule has 1 rings (SSSR count). The molecule has 0 fully saturated rings. The van der Waals surface area contributed by atoms with Gasteiger partial charge in [-0.2, -0.15) is 0 Å². The average molecular weight is 305 g/mol. The number of unbranched alkanes of at least 4 members (excludes halogenated alkanes) is 10. The van der Waals surface area contributed by atoms with E-state index in [1.165, 1.54) is 76.2 Å². The number of rotatable bonds is 14. The van der Waals surface area contributed by atoms with E-state index in [1.807, 2.05) is 0 Å². The molecule has 1 aromatic carbocycles. The van der Waals surface area contributed by atoms with Crippen molar-refractivity contribution in [1.82, 2.24) is 5.43 Å². The zero-order chi connectivity index (χ0) is 15.9. The number of nitrogens with two attached hydrogens (primary N) is 1. The predicted octanol–water partition coefficient (Wildman–Crippen LogP) is 5.89. The summed E-state index contributed by atoms with van der Waals surface area (Å²) in [5, 5.41) is 0. The van der Waals surface area contributed by atoms with Crippen LogP contribution in [-0.4, -0.2) is 0 Å². The molecule has 0 bridgehead atoms. The van der Waals surface area contributed by atoms with Gasteiger partial charge in [0.1, 0.15) is 0 Å². The summed E-state index contributed by atoms with van der Waals surface area (Å²) in [5.74, 6) is 5.69. The molecule has 2 nitrogen and oxygen atoms in total. The van der Waals surface area contributed by atoms with E-state index in [0.29, 0.717) is 6.04 Å². The van der Waals surface area contributed by atoms with E-state index in [0.717, 1.165) is 6.42 Å². The smallest absolute Gasteiger partial charge is 0.0460 e. The van der Waals surface area contributed by atoms with Gasteiger partial charge in [-0.15, -0.1) is 0 Å². The van der Waals surface area contributed by atoms with Gasteiger partial charge >= 0.3 is 0 Å². The zero-order valence-electron chi connectivity index (χ0n) is 14.5. The largest absolute Gasteiger partial charge is 0.271 e. The molecule has 0 aliphatic heterocycles. The Bertz CT molecular complexity index is 337. The highest BCUT2D eigenvalue weighted by atomic mass is 15.2. The van der Waals surface area contributed by atoms with Gasteiger partial charge in [0.05, 0.1) is 0 Å². The summed E-state index contributed by atoms with van der Waals surface area (Å²) < 4.78 is 0. The lowest BCUT2D eigenvalue weighted by Crippen LogP contribution is -2.27. The molecule has 0 aliphatic carbocycles. The molecular formula is C20H36N2. The molecule has 0 aliphatic rings. The van der Waals surface area contributed by atoms with Crippen LogP contribution >= 0.6 is 0 Å². The van der Waals surface area contributed by atoms with Gasteiger partial charge in [0.25, 0.3) is 0 Å². The summed E-state index contributed by atoms with van der Waals surface area (Å²) in [7, 11) is 0. The van der Waals surface area contributed by atoms with E-state index in [1.54, 1.807) is 0 Å². The van der Waals surface area contributed by atoms with Crippen LogP contribution in [0.25, 0.3) is 0 Å².